The molecule has 1 aromatic heterocycles. The summed E-state index contributed by atoms with van der Waals surface area (Å²) in [4.78, 5) is 16.3. The van der Waals surface area contributed by atoms with Gasteiger partial charge in [0.1, 0.15) is 18.1 Å². The van der Waals surface area contributed by atoms with Crippen molar-refractivity contribution in [1.29, 1.82) is 0 Å². The molecule has 0 unspecified atom stereocenters. The van der Waals surface area contributed by atoms with Gasteiger partial charge >= 0.3 is 0 Å². The first-order valence-corrected chi connectivity index (χ1v) is 12.6. The van der Waals surface area contributed by atoms with E-state index < -0.39 is 0 Å². The van der Waals surface area contributed by atoms with Gasteiger partial charge in [0.2, 0.25) is 0 Å². The molecule has 1 N–H and O–H groups in total. The molecule has 6 rings (SSSR count). The lowest BCUT2D eigenvalue weighted by molar-refractivity contribution is 0.183. The van der Waals surface area contributed by atoms with Crippen molar-refractivity contribution in [3.8, 4) is 28.4 Å². The highest BCUT2D eigenvalue weighted by Crippen LogP contribution is 2.38. The molecule has 0 saturated carbocycles. The van der Waals surface area contributed by atoms with Crippen LogP contribution in [0.2, 0.25) is 0 Å². The maximum Gasteiger partial charge on any atom is 0.263 e. The minimum atomic E-state index is -0.0287. The molecule has 0 spiro atoms. The van der Waals surface area contributed by atoms with Gasteiger partial charge < -0.3 is 9.84 Å². The van der Waals surface area contributed by atoms with E-state index in [1.807, 2.05) is 65.2 Å². The van der Waals surface area contributed by atoms with Crippen LogP contribution in [-0.4, -0.2) is 40.8 Å². The number of rotatable bonds is 5. The molecule has 0 radical (unpaired) electrons. The van der Waals surface area contributed by atoms with Crippen molar-refractivity contribution in [3.63, 3.8) is 0 Å². The van der Waals surface area contributed by atoms with E-state index in [-0.39, 0.29) is 11.3 Å². The molecule has 5 heteroatoms. The molecule has 3 aromatic carbocycles. The highest BCUT2D eigenvalue weighted by Gasteiger charge is 2.24. The fourth-order valence-electron chi connectivity index (χ4n) is 5.64. The number of aryl methyl sites for hydroxylation is 2. The number of aromatic hydroxyl groups is 1. The highest BCUT2D eigenvalue weighted by molar-refractivity contribution is 5.92. The molecule has 0 bridgehead atoms. The second kappa shape index (κ2) is 9.23. The third kappa shape index (κ3) is 4.10. The molecule has 1 aliphatic heterocycles. The standard InChI is InChI=1S/C30H30N2O3/c33-23-11-15-25-21(20-23)8-14-27-26-6-2-3-7-28(26)30(34)32(29(25)27)22-9-12-24(13-10-22)35-19-18-31-16-4-1-5-17-31/h2-3,6-7,9-13,15,20,33H,1,4-5,8,14,16-19H2. The van der Waals surface area contributed by atoms with Gasteiger partial charge in [-0.3, -0.25) is 14.3 Å². The fourth-order valence-corrected chi connectivity index (χ4v) is 5.64. The Morgan fingerprint density at radius 2 is 1.63 bits per heavy atom. The summed E-state index contributed by atoms with van der Waals surface area (Å²) in [5.74, 6) is 1.08. The summed E-state index contributed by atoms with van der Waals surface area (Å²) in [7, 11) is 0. The SMILES string of the molecule is O=c1c2ccccc2c2c(n1-c1ccc(OCCN3CCCCC3)cc1)-c1ccc(O)cc1CC2. The average molecular weight is 467 g/mol. The van der Waals surface area contributed by atoms with Crippen LogP contribution in [0, 0.1) is 0 Å². The number of aromatic nitrogens is 1. The first kappa shape index (κ1) is 21.9. The Bertz CT molecular complexity index is 1430. The zero-order valence-electron chi connectivity index (χ0n) is 19.9. The van der Waals surface area contributed by atoms with E-state index in [0.29, 0.717) is 6.61 Å². The number of fused-ring (bicyclic) bond motifs is 5. The smallest absolute Gasteiger partial charge is 0.263 e. The first-order valence-electron chi connectivity index (χ1n) is 12.6. The van der Waals surface area contributed by atoms with Crippen molar-refractivity contribution >= 4 is 10.8 Å². The summed E-state index contributed by atoms with van der Waals surface area (Å²) in [6.45, 7) is 3.94. The second-order valence-corrected chi connectivity index (χ2v) is 9.60. The van der Waals surface area contributed by atoms with Crippen LogP contribution in [-0.2, 0) is 12.8 Å². The zero-order chi connectivity index (χ0) is 23.8. The largest absolute Gasteiger partial charge is 0.508 e. The predicted octanol–water partition coefficient (Wildman–Crippen LogP) is 5.33. The molecule has 1 aliphatic carbocycles. The molecule has 2 aliphatic rings. The monoisotopic (exact) mass is 466 g/mol. The molecule has 5 nitrogen and oxygen atoms in total. The van der Waals surface area contributed by atoms with E-state index >= 15 is 0 Å². The molecule has 178 valence electrons. The van der Waals surface area contributed by atoms with Gasteiger partial charge in [-0.25, -0.2) is 0 Å². The van der Waals surface area contributed by atoms with Crippen LogP contribution in [0.5, 0.6) is 11.5 Å². The molecule has 1 saturated heterocycles. The minimum absolute atomic E-state index is 0.0287. The molecule has 0 amide bonds. The van der Waals surface area contributed by atoms with E-state index in [1.54, 1.807) is 6.07 Å². The van der Waals surface area contributed by atoms with Crippen molar-refractivity contribution in [2.75, 3.05) is 26.2 Å². The Balaban J connectivity index is 1.38. The molecule has 1 fully saturated rings. The number of phenols is 1. The van der Waals surface area contributed by atoms with Crippen molar-refractivity contribution in [1.82, 2.24) is 9.47 Å². The molecular weight excluding hydrogens is 436 g/mol. The number of benzene rings is 3. The summed E-state index contributed by atoms with van der Waals surface area (Å²) >= 11 is 0. The highest BCUT2D eigenvalue weighted by atomic mass is 16.5. The number of hydrogen-bond donors (Lipinski definition) is 1. The Hall–Kier alpha value is -3.57. The molecule has 35 heavy (non-hydrogen) atoms. The van der Waals surface area contributed by atoms with Crippen molar-refractivity contribution < 1.29 is 9.84 Å². The fraction of sp³-hybridized carbons (Fsp3) is 0.300. The maximum atomic E-state index is 13.8. The quantitative estimate of drug-likeness (QED) is 0.432. The van der Waals surface area contributed by atoms with Gasteiger partial charge in [-0.1, -0.05) is 24.6 Å². The molecule has 2 heterocycles. The van der Waals surface area contributed by atoms with Gasteiger partial charge in [0, 0.05) is 23.2 Å². The first-order chi connectivity index (χ1) is 17.2. The number of piperidine rings is 1. The summed E-state index contributed by atoms with van der Waals surface area (Å²) in [5, 5.41) is 11.8. The van der Waals surface area contributed by atoms with Crippen LogP contribution in [0.25, 0.3) is 27.7 Å². The van der Waals surface area contributed by atoms with E-state index in [0.717, 1.165) is 71.5 Å². The van der Waals surface area contributed by atoms with Gasteiger partial charge in [-0.2, -0.15) is 0 Å². The van der Waals surface area contributed by atoms with Gasteiger partial charge in [0.15, 0.2) is 0 Å². The van der Waals surface area contributed by atoms with E-state index in [9.17, 15) is 9.90 Å². The minimum Gasteiger partial charge on any atom is -0.508 e. The van der Waals surface area contributed by atoms with Crippen molar-refractivity contribution in [2.24, 2.45) is 0 Å². The number of phenolic OH excluding ortho intramolecular Hbond substituents is 1. The summed E-state index contributed by atoms with van der Waals surface area (Å²) in [6.07, 6.45) is 5.56. The van der Waals surface area contributed by atoms with Gasteiger partial charge in [-0.05, 0) is 104 Å². The molecule has 0 atom stereocenters. The lowest BCUT2D eigenvalue weighted by Gasteiger charge is -2.26. The predicted molar refractivity (Wildman–Crippen MR) is 140 cm³/mol. The van der Waals surface area contributed by atoms with Gasteiger partial charge in [0.25, 0.3) is 5.56 Å². The number of hydrogen-bond acceptors (Lipinski definition) is 4. The summed E-state index contributed by atoms with van der Waals surface area (Å²) in [5.41, 5.74) is 4.97. The van der Waals surface area contributed by atoms with Crippen LogP contribution >= 0.6 is 0 Å². The van der Waals surface area contributed by atoms with Crippen molar-refractivity contribution in [3.05, 3.63) is 88.2 Å². The topological polar surface area (TPSA) is 54.7 Å². The van der Waals surface area contributed by atoms with Gasteiger partial charge in [0.05, 0.1) is 5.69 Å². The number of likely N-dealkylation sites (tertiary alicyclic amines) is 1. The summed E-state index contributed by atoms with van der Waals surface area (Å²) < 4.78 is 7.86. The van der Waals surface area contributed by atoms with Crippen LogP contribution in [0.15, 0.2) is 71.5 Å². The lowest BCUT2D eigenvalue weighted by atomic mass is 9.86. The third-order valence-electron chi connectivity index (χ3n) is 7.40. The lowest BCUT2D eigenvalue weighted by Crippen LogP contribution is -2.33. The number of pyridine rings is 1. The maximum absolute atomic E-state index is 13.8. The Labute approximate surface area is 205 Å². The van der Waals surface area contributed by atoms with Crippen LogP contribution < -0.4 is 10.3 Å². The van der Waals surface area contributed by atoms with E-state index in [1.165, 1.54) is 24.8 Å². The van der Waals surface area contributed by atoms with Crippen LogP contribution in [0.3, 0.4) is 0 Å². The zero-order valence-corrected chi connectivity index (χ0v) is 19.9. The number of ether oxygens (including phenoxy) is 1. The van der Waals surface area contributed by atoms with Gasteiger partial charge in [-0.15, -0.1) is 0 Å². The van der Waals surface area contributed by atoms with E-state index in [4.69, 9.17) is 4.74 Å². The summed E-state index contributed by atoms with van der Waals surface area (Å²) in [6, 6.07) is 21.2. The van der Waals surface area contributed by atoms with Crippen molar-refractivity contribution in [2.45, 2.75) is 32.1 Å². The molecule has 4 aromatic rings. The Morgan fingerprint density at radius 3 is 2.43 bits per heavy atom. The average Bonchev–Trinajstić information content (AvgIpc) is 2.90. The van der Waals surface area contributed by atoms with Crippen LogP contribution in [0.4, 0.5) is 0 Å². The van der Waals surface area contributed by atoms with E-state index in [2.05, 4.69) is 4.90 Å². The molecular formula is C30H30N2O3. The Morgan fingerprint density at radius 1 is 0.857 bits per heavy atom. The second-order valence-electron chi connectivity index (χ2n) is 9.60. The number of nitrogens with zero attached hydrogens (tertiary/aromatic N) is 2. The third-order valence-corrected chi connectivity index (χ3v) is 7.40. The Kier molecular flexibility index (Phi) is 5.78. The van der Waals surface area contributed by atoms with Crippen LogP contribution in [0.1, 0.15) is 30.4 Å². The normalized spacial score (nSPS) is 15.5.